The second kappa shape index (κ2) is 13.4. The van der Waals surface area contributed by atoms with Gasteiger partial charge in [0.25, 0.3) is 19.8 Å². The molecular weight excluding hydrogens is 606 g/mol. The molecule has 8 heteroatoms. The minimum atomic E-state index is -2.59. The van der Waals surface area contributed by atoms with Crippen LogP contribution in [0.1, 0.15) is 36.7 Å². The van der Waals surface area contributed by atoms with Crippen molar-refractivity contribution in [3.8, 4) is 11.3 Å². The second-order valence-electron chi connectivity index (χ2n) is 13.4. The van der Waals surface area contributed by atoms with Crippen LogP contribution in [0, 0.1) is 12.7 Å². The Labute approximate surface area is 277 Å². The van der Waals surface area contributed by atoms with Crippen LogP contribution >= 0.6 is 0 Å². The van der Waals surface area contributed by atoms with Crippen LogP contribution in [0.15, 0.2) is 108 Å². The molecule has 1 aliphatic heterocycles. The Bertz CT molecular complexity index is 1870. The van der Waals surface area contributed by atoms with Gasteiger partial charge in [0.15, 0.2) is 0 Å². The smallest absolute Gasteiger partial charge is 0.261 e. The van der Waals surface area contributed by atoms with Gasteiger partial charge in [-0.3, -0.25) is 14.5 Å². The Kier molecular flexibility index (Phi) is 9.28. The number of hydrogen-bond acceptors (Lipinski definition) is 4. The Morgan fingerprint density at radius 2 is 1.45 bits per heavy atom. The Morgan fingerprint density at radius 1 is 0.851 bits per heavy atom. The summed E-state index contributed by atoms with van der Waals surface area (Å²) in [5, 5.41) is 3.12. The van der Waals surface area contributed by atoms with Crippen molar-refractivity contribution in [2.24, 2.45) is 0 Å². The Hall–Kier alpha value is -4.37. The van der Waals surface area contributed by atoms with Crippen molar-refractivity contribution >= 4 is 35.4 Å². The molecular formula is C39H42FN3O3Si. The molecule has 0 atom stereocenters. The van der Waals surface area contributed by atoms with Gasteiger partial charge in [-0.25, -0.2) is 4.39 Å². The molecule has 6 rings (SSSR count). The van der Waals surface area contributed by atoms with Crippen molar-refractivity contribution in [2.75, 3.05) is 39.3 Å². The van der Waals surface area contributed by atoms with E-state index in [1.54, 1.807) is 24.3 Å². The van der Waals surface area contributed by atoms with Gasteiger partial charge >= 0.3 is 0 Å². The highest BCUT2D eigenvalue weighted by Crippen LogP contribution is 2.36. The van der Waals surface area contributed by atoms with Crippen LogP contribution in [-0.4, -0.2) is 68.3 Å². The van der Waals surface area contributed by atoms with Gasteiger partial charge in [-0.05, 0) is 63.1 Å². The number of carbonyl (C=O) groups excluding carboxylic acids is 1. The zero-order chi connectivity index (χ0) is 33.2. The number of rotatable bonds is 8. The van der Waals surface area contributed by atoms with Gasteiger partial charge in [0.05, 0.1) is 5.39 Å². The van der Waals surface area contributed by atoms with E-state index in [0.717, 1.165) is 30.8 Å². The van der Waals surface area contributed by atoms with Crippen molar-refractivity contribution in [2.45, 2.75) is 32.7 Å². The maximum absolute atomic E-state index is 14.3. The second-order valence-corrected chi connectivity index (χ2v) is 17.7. The predicted octanol–water partition coefficient (Wildman–Crippen LogP) is 5.98. The summed E-state index contributed by atoms with van der Waals surface area (Å²) in [5.74, 6) is -0.545. The normalized spacial score (nSPS) is 14.4. The van der Waals surface area contributed by atoms with Gasteiger partial charge in [0.2, 0.25) is 0 Å². The Morgan fingerprint density at radius 3 is 2.02 bits per heavy atom. The number of fused-ring (bicyclic) bond motifs is 1. The van der Waals surface area contributed by atoms with E-state index in [-0.39, 0.29) is 16.3 Å². The van der Waals surface area contributed by atoms with Crippen molar-refractivity contribution in [1.82, 2.24) is 14.8 Å². The molecule has 0 unspecified atom stereocenters. The number of pyridine rings is 1. The first-order valence-electron chi connectivity index (χ1n) is 16.3. The number of nitrogens with one attached hydrogen (secondary N) is 1. The summed E-state index contributed by atoms with van der Waals surface area (Å²) in [7, 11) is -2.59. The number of nitrogens with zero attached hydrogens (tertiary/aromatic N) is 2. The van der Waals surface area contributed by atoms with Crippen LogP contribution in [0.2, 0.25) is 5.04 Å². The quantitative estimate of drug-likeness (QED) is 0.211. The molecule has 4 aromatic carbocycles. The Balaban J connectivity index is 1.09. The molecule has 242 valence electrons. The summed E-state index contributed by atoms with van der Waals surface area (Å²) in [6, 6.07) is 33.4. The molecule has 0 aliphatic carbocycles. The number of hydrogen-bond donors (Lipinski definition) is 1. The maximum atomic E-state index is 14.3. The van der Waals surface area contributed by atoms with E-state index in [1.807, 2.05) is 24.0 Å². The van der Waals surface area contributed by atoms with Crippen LogP contribution < -0.4 is 15.9 Å². The molecule has 6 nitrogen and oxygen atoms in total. The largest absolute Gasteiger partial charge is 0.406 e. The standard InChI is InChI=1S/C39H42FN3O3Si/c1-28-15-20-34(40)36-33(28)27-35(41-37(36)44)29-16-18-30(19-17-29)38(45)43-23-21-42(22-24-43)25-26-46-47(39(2,3)4,31-11-7-5-8-12-31)32-13-9-6-10-14-32/h5-20,27H,21-26H2,1-4H3,(H,41,44). The van der Waals surface area contributed by atoms with E-state index in [0.29, 0.717) is 36.3 Å². The number of piperazine rings is 1. The number of amides is 1. The predicted molar refractivity (Wildman–Crippen MR) is 191 cm³/mol. The van der Waals surface area contributed by atoms with Gasteiger partial charge < -0.3 is 14.3 Å². The van der Waals surface area contributed by atoms with Crippen LogP contribution in [-0.2, 0) is 4.43 Å². The molecule has 1 aromatic heterocycles. The zero-order valence-electron chi connectivity index (χ0n) is 27.6. The molecule has 0 radical (unpaired) electrons. The molecule has 1 fully saturated rings. The fourth-order valence-electron chi connectivity index (χ4n) is 6.87. The number of halogens is 1. The third-order valence-electron chi connectivity index (χ3n) is 9.42. The summed E-state index contributed by atoms with van der Waals surface area (Å²) >= 11 is 0. The maximum Gasteiger partial charge on any atom is 0.261 e. The van der Waals surface area contributed by atoms with Crippen LogP contribution in [0.25, 0.3) is 22.0 Å². The molecule has 1 aliphatic rings. The van der Waals surface area contributed by atoms with Gasteiger partial charge in [0.1, 0.15) is 5.82 Å². The summed E-state index contributed by atoms with van der Waals surface area (Å²) in [6.07, 6.45) is 0. The topological polar surface area (TPSA) is 65.6 Å². The molecule has 0 saturated carbocycles. The lowest BCUT2D eigenvalue weighted by Gasteiger charge is -2.43. The highest BCUT2D eigenvalue weighted by molar-refractivity contribution is 6.99. The van der Waals surface area contributed by atoms with Crippen molar-refractivity contribution in [1.29, 1.82) is 0 Å². The average molecular weight is 648 g/mol. The van der Waals surface area contributed by atoms with Crippen molar-refractivity contribution in [3.05, 3.63) is 130 Å². The van der Waals surface area contributed by atoms with Crippen LogP contribution in [0.5, 0.6) is 0 Å². The minimum Gasteiger partial charge on any atom is -0.406 e. The van der Waals surface area contributed by atoms with Crippen molar-refractivity contribution in [3.63, 3.8) is 0 Å². The van der Waals surface area contributed by atoms with Gasteiger partial charge in [0, 0.05) is 50.6 Å². The first-order valence-corrected chi connectivity index (χ1v) is 18.2. The fraction of sp³-hybridized carbons (Fsp3) is 0.282. The number of aromatic nitrogens is 1. The summed E-state index contributed by atoms with van der Waals surface area (Å²) < 4.78 is 21.4. The van der Waals surface area contributed by atoms with Gasteiger partial charge in [-0.2, -0.15) is 0 Å². The van der Waals surface area contributed by atoms with Gasteiger partial charge in [-0.1, -0.05) is 99.6 Å². The molecule has 1 saturated heterocycles. The first kappa shape index (κ1) is 32.6. The number of aryl methyl sites for hydroxylation is 1. The first-order chi connectivity index (χ1) is 22.6. The third kappa shape index (κ3) is 6.46. The summed E-state index contributed by atoms with van der Waals surface area (Å²) in [6.45, 7) is 13.0. The third-order valence-corrected chi connectivity index (χ3v) is 14.5. The number of aromatic amines is 1. The highest BCUT2D eigenvalue weighted by Gasteiger charge is 2.50. The van der Waals surface area contributed by atoms with Crippen LogP contribution in [0.3, 0.4) is 0 Å². The van der Waals surface area contributed by atoms with E-state index >= 15 is 0 Å². The minimum absolute atomic E-state index is 0.00955. The number of carbonyl (C=O) groups is 1. The fourth-order valence-corrected chi connectivity index (χ4v) is 11.4. The van der Waals surface area contributed by atoms with E-state index in [9.17, 15) is 14.0 Å². The number of benzene rings is 4. The lowest BCUT2D eigenvalue weighted by Crippen LogP contribution is -2.67. The lowest BCUT2D eigenvalue weighted by atomic mass is 10.0. The van der Waals surface area contributed by atoms with E-state index in [1.165, 1.54) is 16.4 Å². The summed E-state index contributed by atoms with van der Waals surface area (Å²) in [5.41, 5.74) is 2.31. The molecule has 0 bridgehead atoms. The SMILES string of the molecule is Cc1ccc(F)c2c(=O)[nH]c(-c3ccc(C(=O)N4CCN(CCO[Si](c5ccccc5)(c5ccccc5)C(C)(C)C)CC4)cc3)cc12. The highest BCUT2D eigenvalue weighted by atomic mass is 28.4. The molecule has 1 N–H and O–H groups in total. The average Bonchev–Trinajstić information content (AvgIpc) is 3.08. The van der Waals surface area contributed by atoms with E-state index in [2.05, 4.69) is 91.3 Å². The van der Waals surface area contributed by atoms with E-state index in [4.69, 9.17) is 4.43 Å². The molecule has 47 heavy (non-hydrogen) atoms. The zero-order valence-corrected chi connectivity index (χ0v) is 28.6. The van der Waals surface area contributed by atoms with Crippen molar-refractivity contribution < 1.29 is 13.6 Å². The van der Waals surface area contributed by atoms with E-state index < -0.39 is 19.7 Å². The molecule has 2 heterocycles. The molecule has 5 aromatic rings. The van der Waals surface area contributed by atoms with Crippen LogP contribution in [0.4, 0.5) is 4.39 Å². The van der Waals surface area contributed by atoms with Gasteiger partial charge in [-0.15, -0.1) is 0 Å². The summed E-state index contributed by atoms with van der Waals surface area (Å²) in [4.78, 5) is 33.2. The molecule has 1 amide bonds. The number of H-pyrrole nitrogens is 1. The monoisotopic (exact) mass is 647 g/mol. The lowest BCUT2D eigenvalue weighted by molar-refractivity contribution is 0.0618. The molecule has 0 spiro atoms.